The van der Waals surface area contributed by atoms with E-state index in [1.807, 2.05) is 5.32 Å². The van der Waals surface area contributed by atoms with Gasteiger partial charge in [-0.15, -0.1) is 0 Å². The minimum Gasteiger partial charge on any atom is -0.545 e. The Hall–Kier alpha value is -3.68. The largest absolute Gasteiger partial charge is 0.545 e. The summed E-state index contributed by atoms with van der Waals surface area (Å²) in [5, 5.41) is 12.8. The molecule has 0 spiro atoms. The number of nitrogens with zero attached hydrogens (tertiary/aromatic N) is 1. The van der Waals surface area contributed by atoms with Crippen molar-refractivity contribution in [2.24, 2.45) is 0 Å². The van der Waals surface area contributed by atoms with Gasteiger partial charge in [0, 0.05) is 0 Å². The maximum absolute atomic E-state index is 12.5. The van der Waals surface area contributed by atoms with Gasteiger partial charge in [0.25, 0.3) is 11.8 Å². The zero-order valence-corrected chi connectivity index (χ0v) is 12.0. The molecule has 2 aromatic rings. The lowest BCUT2D eigenvalue weighted by Crippen LogP contribution is -2.54. The molecule has 8 nitrogen and oxygen atoms in total. The molecule has 1 aliphatic rings. The van der Waals surface area contributed by atoms with E-state index in [1.165, 1.54) is 36.6 Å². The van der Waals surface area contributed by atoms with Crippen molar-refractivity contribution in [1.82, 2.24) is 5.32 Å². The van der Waals surface area contributed by atoms with E-state index >= 15 is 0 Å². The topological polar surface area (TPSA) is 120 Å². The number of rotatable bonds is 3. The lowest BCUT2D eigenvalue weighted by molar-refractivity contribution is -0.255. The van der Waals surface area contributed by atoms with E-state index in [1.54, 1.807) is 12.1 Å². The van der Waals surface area contributed by atoms with Gasteiger partial charge in [0.15, 0.2) is 0 Å². The quantitative estimate of drug-likeness (QED) is 0.640. The second-order valence-corrected chi connectivity index (χ2v) is 4.81. The molecule has 0 aliphatic carbocycles. The Balaban J connectivity index is 1.98. The van der Waals surface area contributed by atoms with Gasteiger partial charge in [-0.2, -0.15) is 0 Å². The summed E-state index contributed by atoms with van der Waals surface area (Å²) in [6.45, 7) is 0. The Morgan fingerprint density at radius 1 is 1.12 bits per heavy atom. The average molecular weight is 325 g/mol. The molecular formula is C16H9N2O6-. The van der Waals surface area contributed by atoms with Gasteiger partial charge in [-0.1, -0.05) is 12.1 Å². The molecule has 1 aliphatic heterocycles. The number of urea groups is 1. The lowest BCUT2D eigenvalue weighted by Gasteiger charge is -2.26. The number of aromatic carboxylic acids is 1. The van der Waals surface area contributed by atoms with Gasteiger partial charge in [-0.3, -0.25) is 14.9 Å². The first kappa shape index (κ1) is 15.2. The smallest absolute Gasteiger partial charge is 0.335 e. The van der Waals surface area contributed by atoms with Crippen LogP contribution in [0.15, 0.2) is 52.7 Å². The summed E-state index contributed by atoms with van der Waals surface area (Å²) in [4.78, 5) is 47.8. The monoisotopic (exact) mass is 325 g/mol. The van der Waals surface area contributed by atoms with E-state index in [4.69, 9.17) is 4.42 Å². The van der Waals surface area contributed by atoms with E-state index < -0.39 is 23.8 Å². The normalized spacial score (nSPS) is 16.4. The summed E-state index contributed by atoms with van der Waals surface area (Å²) in [6.07, 6.45) is 2.59. The number of barbiturate groups is 1. The Morgan fingerprint density at radius 3 is 2.42 bits per heavy atom. The molecule has 1 N–H and O–H groups in total. The molecule has 24 heavy (non-hydrogen) atoms. The van der Waals surface area contributed by atoms with E-state index in [2.05, 4.69) is 0 Å². The Morgan fingerprint density at radius 2 is 1.83 bits per heavy atom. The van der Waals surface area contributed by atoms with Crippen molar-refractivity contribution in [3.8, 4) is 0 Å². The molecule has 8 heteroatoms. The number of hydrogen-bond acceptors (Lipinski definition) is 6. The van der Waals surface area contributed by atoms with Crippen LogP contribution in [0, 0.1) is 0 Å². The number of hydrogen-bond donors (Lipinski definition) is 1. The molecule has 4 amide bonds. The van der Waals surface area contributed by atoms with Crippen LogP contribution in [0.2, 0.25) is 0 Å². The summed E-state index contributed by atoms with van der Waals surface area (Å²) in [7, 11) is 0. The van der Waals surface area contributed by atoms with Gasteiger partial charge >= 0.3 is 6.03 Å². The van der Waals surface area contributed by atoms with E-state index in [0.29, 0.717) is 0 Å². The Bertz CT molecular complexity index is 864. The van der Waals surface area contributed by atoms with Gasteiger partial charge in [0.05, 0.1) is 17.9 Å². The van der Waals surface area contributed by atoms with E-state index in [-0.39, 0.29) is 22.6 Å². The van der Waals surface area contributed by atoms with Gasteiger partial charge in [0.1, 0.15) is 11.3 Å². The third-order valence-electron chi connectivity index (χ3n) is 3.29. The van der Waals surface area contributed by atoms with Crippen molar-refractivity contribution < 1.29 is 28.7 Å². The number of amides is 4. The van der Waals surface area contributed by atoms with E-state index in [0.717, 1.165) is 4.90 Å². The SMILES string of the molecule is O=C1NC(=O)N(c2ccc(C(=O)[O-])cc2)C(=O)C1=Cc1ccco1. The van der Waals surface area contributed by atoms with Crippen molar-refractivity contribution in [2.75, 3.05) is 4.90 Å². The predicted molar refractivity (Wildman–Crippen MR) is 78.5 cm³/mol. The van der Waals surface area contributed by atoms with Crippen LogP contribution in [-0.2, 0) is 9.59 Å². The van der Waals surface area contributed by atoms with Crippen LogP contribution < -0.4 is 15.3 Å². The van der Waals surface area contributed by atoms with Crippen LogP contribution in [0.1, 0.15) is 16.1 Å². The highest BCUT2D eigenvalue weighted by Crippen LogP contribution is 2.22. The van der Waals surface area contributed by atoms with Crippen molar-refractivity contribution in [3.05, 3.63) is 59.6 Å². The average Bonchev–Trinajstić information content (AvgIpc) is 3.05. The number of nitrogens with one attached hydrogen (secondary N) is 1. The zero-order chi connectivity index (χ0) is 17.3. The first-order valence-corrected chi connectivity index (χ1v) is 6.74. The number of carboxylic acids is 1. The van der Waals surface area contributed by atoms with Crippen LogP contribution in [0.3, 0.4) is 0 Å². The zero-order valence-electron chi connectivity index (χ0n) is 12.0. The Kier molecular flexibility index (Phi) is 3.70. The minimum absolute atomic E-state index is 0.106. The molecule has 120 valence electrons. The third-order valence-corrected chi connectivity index (χ3v) is 3.29. The molecule has 0 radical (unpaired) electrons. The number of imide groups is 2. The molecule has 0 atom stereocenters. The van der Waals surface area contributed by atoms with Crippen molar-refractivity contribution in [2.45, 2.75) is 0 Å². The molecule has 3 rings (SSSR count). The maximum atomic E-state index is 12.5. The third kappa shape index (κ3) is 2.68. The number of benzene rings is 1. The van der Waals surface area contributed by atoms with Crippen LogP contribution in [0.25, 0.3) is 6.08 Å². The van der Waals surface area contributed by atoms with Crippen LogP contribution in [0.5, 0.6) is 0 Å². The van der Waals surface area contributed by atoms with Gasteiger partial charge in [0.2, 0.25) is 0 Å². The first-order chi connectivity index (χ1) is 11.5. The van der Waals surface area contributed by atoms with Gasteiger partial charge < -0.3 is 14.3 Å². The fourth-order valence-electron chi connectivity index (χ4n) is 2.15. The fraction of sp³-hybridized carbons (Fsp3) is 0. The number of anilines is 1. The standard InChI is InChI=1S/C16H10N2O6/c19-13-12(8-11-2-1-7-24-11)14(20)18(16(23)17-13)10-5-3-9(4-6-10)15(21)22/h1-8H,(H,21,22)(H,17,19,23)/p-1. The molecule has 2 heterocycles. The predicted octanol–water partition coefficient (Wildman–Crippen LogP) is 0.309. The molecular weight excluding hydrogens is 316 g/mol. The molecule has 1 aromatic carbocycles. The number of carbonyl (C=O) groups excluding carboxylic acids is 4. The fourth-order valence-corrected chi connectivity index (χ4v) is 2.15. The molecule has 0 saturated carbocycles. The van der Waals surface area contributed by atoms with Gasteiger partial charge in [-0.05, 0) is 35.9 Å². The summed E-state index contributed by atoms with van der Waals surface area (Å²) in [6, 6.07) is 7.12. The van der Waals surface area contributed by atoms with Gasteiger partial charge in [-0.25, -0.2) is 9.69 Å². The maximum Gasteiger partial charge on any atom is 0.335 e. The highest BCUT2D eigenvalue weighted by Gasteiger charge is 2.36. The summed E-state index contributed by atoms with van der Waals surface area (Å²) < 4.78 is 5.06. The number of carbonyl (C=O) groups is 4. The second-order valence-electron chi connectivity index (χ2n) is 4.81. The molecule has 0 bridgehead atoms. The number of carboxylic acid groups (broad SMARTS) is 1. The second kappa shape index (κ2) is 5.84. The minimum atomic E-state index is -1.38. The molecule has 1 fully saturated rings. The molecule has 1 saturated heterocycles. The first-order valence-electron chi connectivity index (χ1n) is 6.74. The number of furan rings is 1. The Labute approximate surface area is 135 Å². The van der Waals surface area contributed by atoms with Crippen LogP contribution >= 0.6 is 0 Å². The van der Waals surface area contributed by atoms with Crippen molar-refractivity contribution in [3.63, 3.8) is 0 Å². The van der Waals surface area contributed by atoms with E-state index in [9.17, 15) is 24.3 Å². The highest BCUT2D eigenvalue weighted by molar-refractivity contribution is 6.39. The summed E-state index contributed by atoms with van der Waals surface area (Å²) in [5.74, 6) is -2.80. The molecule has 1 aromatic heterocycles. The van der Waals surface area contributed by atoms with Crippen LogP contribution in [-0.4, -0.2) is 23.8 Å². The van der Waals surface area contributed by atoms with Crippen LogP contribution in [0.4, 0.5) is 10.5 Å². The van der Waals surface area contributed by atoms with Crippen molar-refractivity contribution >= 4 is 35.6 Å². The summed E-state index contributed by atoms with van der Waals surface area (Å²) in [5.41, 5.74) is -0.278. The molecule has 0 unspecified atom stereocenters. The summed E-state index contributed by atoms with van der Waals surface area (Å²) >= 11 is 0. The van der Waals surface area contributed by atoms with Crippen molar-refractivity contribution in [1.29, 1.82) is 0 Å². The lowest BCUT2D eigenvalue weighted by atomic mass is 10.1. The highest BCUT2D eigenvalue weighted by atomic mass is 16.4.